The number of nitrogens with zero attached hydrogens (tertiary/aromatic N) is 2. The molecule has 0 aromatic heterocycles. The topological polar surface area (TPSA) is 89.2 Å². The minimum Gasteiger partial charge on any atom is -0.490 e. The van der Waals surface area contributed by atoms with Crippen LogP contribution in [0.5, 0.6) is 5.75 Å². The van der Waals surface area contributed by atoms with Crippen LogP contribution in [0.2, 0.25) is 0 Å². The van der Waals surface area contributed by atoms with Crippen molar-refractivity contribution in [3.63, 3.8) is 0 Å². The number of aliphatic imine (C=N–C) groups is 1. The highest BCUT2D eigenvalue weighted by Gasteiger charge is 2.24. The lowest BCUT2D eigenvalue weighted by atomic mass is 9.96. The van der Waals surface area contributed by atoms with Gasteiger partial charge in [-0.3, -0.25) is 0 Å². The first kappa shape index (κ1) is 19.3. The molecule has 3 rings (SSSR count). The fourth-order valence-corrected chi connectivity index (χ4v) is 3.26. The molecule has 2 aliphatic rings. The summed E-state index contributed by atoms with van der Waals surface area (Å²) < 4.78 is 11.1. The largest absolute Gasteiger partial charge is 0.490 e. The van der Waals surface area contributed by atoms with E-state index >= 15 is 0 Å². The zero-order valence-electron chi connectivity index (χ0n) is 16.0. The Kier molecular flexibility index (Phi) is 6.79. The van der Waals surface area contributed by atoms with E-state index in [1.165, 1.54) is 6.42 Å². The van der Waals surface area contributed by atoms with Crippen molar-refractivity contribution in [2.75, 3.05) is 19.7 Å². The summed E-state index contributed by atoms with van der Waals surface area (Å²) in [5, 5.41) is 3.27. The second-order valence-corrected chi connectivity index (χ2v) is 7.08. The van der Waals surface area contributed by atoms with Gasteiger partial charge in [-0.15, -0.1) is 0 Å². The van der Waals surface area contributed by atoms with E-state index < -0.39 is 0 Å². The molecular formula is C20H30N4O3. The molecule has 1 amide bonds. The van der Waals surface area contributed by atoms with Crippen LogP contribution in [0.1, 0.15) is 44.6 Å². The first-order valence-corrected chi connectivity index (χ1v) is 9.88. The molecule has 0 radical (unpaired) electrons. The minimum absolute atomic E-state index is 0.223. The Morgan fingerprint density at radius 1 is 1.26 bits per heavy atom. The number of para-hydroxylation sites is 1. The third-order valence-corrected chi connectivity index (χ3v) is 5.11. The van der Waals surface area contributed by atoms with Crippen molar-refractivity contribution in [3.05, 3.63) is 29.8 Å². The van der Waals surface area contributed by atoms with E-state index in [4.69, 9.17) is 15.2 Å². The SMILES string of the molecule is CCOC(=O)N1CCC(NC(N)=NCc2ccccc2OC2CCC2)CC1. The van der Waals surface area contributed by atoms with Gasteiger partial charge < -0.3 is 25.4 Å². The molecule has 1 saturated carbocycles. The van der Waals surface area contributed by atoms with Gasteiger partial charge in [-0.25, -0.2) is 9.79 Å². The number of nitrogens with one attached hydrogen (secondary N) is 1. The van der Waals surface area contributed by atoms with E-state index in [1.807, 2.05) is 31.2 Å². The molecule has 0 spiro atoms. The monoisotopic (exact) mass is 374 g/mol. The summed E-state index contributed by atoms with van der Waals surface area (Å²) >= 11 is 0. The number of hydrogen-bond acceptors (Lipinski definition) is 4. The standard InChI is InChI=1S/C20H30N4O3/c1-2-26-20(25)24-12-10-16(11-13-24)23-19(21)22-14-15-6-3-4-9-18(15)27-17-7-5-8-17/h3-4,6,9,16-17H,2,5,7-8,10-14H2,1H3,(H3,21,22,23). The lowest BCUT2D eigenvalue weighted by Gasteiger charge is -2.31. The Morgan fingerprint density at radius 2 is 2.00 bits per heavy atom. The normalized spacial score (nSPS) is 18.7. The maximum absolute atomic E-state index is 11.7. The van der Waals surface area contributed by atoms with Gasteiger partial charge in [-0.2, -0.15) is 0 Å². The van der Waals surface area contributed by atoms with Crippen molar-refractivity contribution >= 4 is 12.1 Å². The summed E-state index contributed by atoms with van der Waals surface area (Å²) in [6, 6.07) is 8.23. The summed E-state index contributed by atoms with van der Waals surface area (Å²) in [6.45, 7) is 4.05. The van der Waals surface area contributed by atoms with Crippen LogP contribution >= 0.6 is 0 Å². The molecular weight excluding hydrogens is 344 g/mol. The highest BCUT2D eigenvalue weighted by atomic mass is 16.6. The Hall–Kier alpha value is -2.44. The molecule has 7 heteroatoms. The van der Waals surface area contributed by atoms with Crippen molar-refractivity contribution in [2.45, 2.75) is 57.7 Å². The van der Waals surface area contributed by atoms with Gasteiger partial charge in [-0.1, -0.05) is 18.2 Å². The van der Waals surface area contributed by atoms with Crippen LogP contribution in [0.4, 0.5) is 4.79 Å². The van der Waals surface area contributed by atoms with Gasteiger partial charge in [0.1, 0.15) is 5.75 Å². The molecule has 1 aromatic carbocycles. The van der Waals surface area contributed by atoms with Crippen molar-refractivity contribution in [1.82, 2.24) is 10.2 Å². The summed E-state index contributed by atoms with van der Waals surface area (Å²) in [4.78, 5) is 18.0. The molecule has 1 aliphatic carbocycles. The van der Waals surface area contributed by atoms with Gasteiger partial charge in [0.25, 0.3) is 0 Å². The molecule has 1 heterocycles. The Morgan fingerprint density at radius 3 is 2.67 bits per heavy atom. The predicted octanol–water partition coefficient (Wildman–Crippen LogP) is 2.64. The highest BCUT2D eigenvalue weighted by molar-refractivity contribution is 5.78. The third-order valence-electron chi connectivity index (χ3n) is 5.11. The zero-order valence-corrected chi connectivity index (χ0v) is 16.0. The van der Waals surface area contributed by atoms with Crippen LogP contribution < -0.4 is 15.8 Å². The molecule has 0 unspecified atom stereocenters. The molecule has 148 valence electrons. The summed E-state index contributed by atoms with van der Waals surface area (Å²) in [6.07, 6.45) is 5.28. The number of carbonyl (C=O) groups is 1. The summed E-state index contributed by atoms with van der Waals surface area (Å²) in [7, 11) is 0. The van der Waals surface area contributed by atoms with Crippen LogP contribution in [0, 0.1) is 0 Å². The van der Waals surface area contributed by atoms with E-state index in [9.17, 15) is 4.79 Å². The zero-order chi connectivity index (χ0) is 19.1. The van der Waals surface area contributed by atoms with Crippen molar-refractivity contribution in [3.8, 4) is 5.75 Å². The lowest BCUT2D eigenvalue weighted by Crippen LogP contribution is -2.48. The van der Waals surface area contributed by atoms with Crippen LogP contribution in [-0.4, -0.2) is 48.8 Å². The van der Waals surface area contributed by atoms with E-state index in [2.05, 4.69) is 10.3 Å². The Balaban J connectivity index is 1.47. The number of likely N-dealkylation sites (tertiary alicyclic amines) is 1. The van der Waals surface area contributed by atoms with Gasteiger partial charge in [0.05, 0.1) is 19.3 Å². The van der Waals surface area contributed by atoms with Crippen molar-refractivity contribution in [2.24, 2.45) is 10.7 Å². The van der Waals surface area contributed by atoms with Gasteiger partial charge >= 0.3 is 6.09 Å². The maximum atomic E-state index is 11.7. The highest BCUT2D eigenvalue weighted by Crippen LogP contribution is 2.27. The molecule has 0 bridgehead atoms. The molecule has 1 aromatic rings. The fourth-order valence-electron chi connectivity index (χ4n) is 3.26. The van der Waals surface area contributed by atoms with Gasteiger partial charge in [0.15, 0.2) is 5.96 Å². The average Bonchev–Trinajstić information content (AvgIpc) is 2.64. The van der Waals surface area contributed by atoms with Crippen molar-refractivity contribution in [1.29, 1.82) is 0 Å². The molecule has 1 aliphatic heterocycles. The van der Waals surface area contributed by atoms with E-state index in [0.717, 1.165) is 37.0 Å². The number of amides is 1. The number of piperidine rings is 1. The van der Waals surface area contributed by atoms with Crippen LogP contribution in [0.3, 0.4) is 0 Å². The maximum Gasteiger partial charge on any atom is 0.409 e. The number of hydrogen-bond donors (Lipinski definition) is 2. The van der Waals surface area contributed by atoms with E-state index in [0.29, 0.717) is 38.3 Å². The van der Waals surface area contributed by atoms with Gasteiger partial charge in [0, 0.05) is 24.7 Å². The summed E-state index contributed by atoms with van der Waals surface area (Å²) in [5.74, 6) is 1.34. The third kappa shape index (κ3) is 5.52. The molecule has 1 saturated heterocycles. The van der Waals surface area contributed by atoms with E-state index in [1.54, 1.807) is 4.90 Å². The summed E-state index contributed by atoms with van der Waals surface area (Å²) in [5.41, 5.74) is 7.12. The number of benzene rings is 1. The molecule has 27 heavy (non-hydrogen) atoms. The van der Waals surface area contributed by atoms with Crippen molar-refractivity contribution < 1.29 is 14.3 Å². The second-order valence-electron chi connectivity index (χ2n) is 7.08. The van der Waals surface area contributed by atoms with Gasteiger partial charge in [-0.05, 0) is 45.1 Å². The number of ether oxygens (including phenoxy) is 2. The number of guanidine groups is 1. The van der Waals surface area contributed by atoms with E-state index in [-0.39, 0.29) is 12.1 Å². The molecule has 0 atom stereocenters. The lowest BCUT2D eigenvalue weighted by molar-refractivity contribution is 0.0963. The molecule has 2 fully saturated rings. The number of nitrogens with two attached hydrogens (primary N) is 1. The van der Waals surface area contributed by atoms with Crippen LogP contribution in [0.25, 0.3) is 0 Å². The number of rotatable bonds is 6. The number of carbonyl (C=O) groups excluding carboxylic acids is 1. The average molecular weight is 374 g/mol. The van der Waals surface area contributed by atoms with Crippen LogP contribution in [-0.2, 0) is 11.3 Å². The molecule has 7 nitrogen and oxygen atoms in total. The first-order valence-electron chi connectivity index (χ1n) is 9.88. The molecule has 3 N–H and O–H groups in total. The van der Waals surface area contributed by atoms with Gasteiger partial charge in [0.2, 0.25) is 0 Å². The minimum atomic E-state index is -0.236. The predicted molar refractivity (Wildman–Crippen MR) is 105 cm³/mol. The fraction of sp³-hybridized carbons (Fsp3) is 0.600. The Bertz CT molecular complexity index is 652. The first-order chi connectivity index (χ1) is 13.2. The quantitative estimate of drug-likeness (QED) is 0.590. The van der Waals surface area contributed by atoms with Crippen LogP contribution in [0.15, 0.2) is 29.3 Å². The Labute approximate surface area is 160 Å². The smallest absolute Gasteiger partial charge is 0.409 e. The second kappa shape index (κ2) is 9.48.